The van der Waals surface area contributed by atoms with Crippen molar-refractivity contribution < 1.29 is 8.42 Å². The van der Waals surface area contributed by atoms with E-state index in [1.165, 1.54) is 6.42 Å². The highest BCUT2D eigenvalue weighted by Gasteiger charge is 2.34. The van der Waals surface area contributed by atoms with E-state index in [9.17, 15) is 8.42 Å². The molecule has 1 aliphatic rings. The molecule has 1 N–H and O–H groups in total. The lowest BCUT2D eigenvalue weighted by molar-refractivity contribution is 0.301. The molecule has 5 heteroatoms. The lowest BCUT2D eigenvalue weighted by Crippen LogP contribution is -2.52. The molecular weight excluding hydrogens is 290 g/mol. The van der Waals surface area contributed by atoms with Gasteiger partial charge in [0, 0.05) is 10.9 Å². The molecule has 0 heterocycles. The van der Waals surface area contributed by atoms with Crippen LogP contribution < -0.4 is 4.72 Å². The van der Waals surface area contributed by atoms with E-state index in [4.69, 9.17) is 0 Å². The van der Waals surface area contributed by atoms with Crippen LogP contribution in [0.5, 0.6) is 0 Å². The van der Waals surface area contributed by atoms with Crippen molar-refractivity contribution in [2.45, 2.75) is 51.5 Å². The summed E-state index contributed by atoms with van der Waals surface area (Å²) in [7, 11) is -3.13. The van der Waals surface area contributed by atoms with Crippen molar-refractivity contribution in [2.75, 3.05) is 11.1 Å². The van der Waals surface area contributed by atoms with E-state index in [1.807, 2.05) is 13.8 Å². The Morgan fingerprint density at radius 1 is 1.25 bits per heavy atom. The fraction of sp³-hybridized carbons (Fsp3) is 1.00. The molecule has 0 bridgehead atoms. The smallest absolute Gasteiger partial charge is 0.212 e. The van der Waals surface area contributed by atoms with E-state index in [0.717, 1.165) is 31.0 Å². The number of sulfonamides is 1. The molecule has 1 fully saturated rings. The van der Waals surface area contributed by atoms with Crippen molar-refractivity contribution in [3.8, 4) is 0 Å². The van der Waals surface area contributed by atoms with Gasteiger partial charge in [-0.1, -0.05) is 49.0 Å². The molecule has 0 amide bonds. The zero-order valence-corrected chi connectivity index (χ0v) is 12.5. The van der Waals surface area contributed by atoms with Gasteiger partial charge in [-0.15, -0.1) is 0 Å². The summed E-state index contributed by atoms with van der Waals surface area (Å²) in [6, 6.07) is 0. The van der Waals surface area contributed by atoms with Crippen LogP contribution in [0.15, 0.2) is 0 Å². The zero-order chi connectivity index (χ0) is 12.2. The third kappa shape index (κ3) is 4.34. The van der Waals surface area contributed by atoms with Gasteiger partial charge in [0.2, 0.25) is 10.0 Å². The Morgan fingerprint density at radius 3 is 2.25 bits per heavy atom. The summed E-state index contributed by atoms with van der Waals surface area (Å²) < 4.78 is 26.8. The van der Waals surface area contributed by atoms with Crippen molar-refractivity contribution in [3.05, 3.63) is 0 Å². The van der Waals surface area contributed by atoms with Crippen LogP contribution in [0.2, 0.25) is 0 Å². The summed E-state index contributed by atoms with van der Waals surface area (Å²) in [6.07, 6.45) is 5.37. The van der Waals surface area contributed by atoms with E-state index in [2.05, 4.69) is 20.7 Å². The maximum Gasteiger partial charge on any atom is 0.212 e. The maximum atomic E-state index is 11.9. The molecule has 0 aliphatic heterocycles. The largest absolute Gasteiger partial charge is 0.212 e. The van der Waals surface area contributed by atoms with Crippen LogP contribution in [0.1, 0.15) is 46.0 Å². The van der Waals surface area contributed by atoms with Crippen molar-refractivity contribution >= 4 is 26.0 Å². The highest BCUT2D eigenvalue weighted by Crippen LogP contribution is 2.30. The highest BCUT2D eigenvalue weighted by atomic mass is 79.9. The van der Waals surface area contributed by atoms with Crippen molar-refractivity contribution in [2.24, 2.45) is 5.92 Å². The van der Waals surface area contributed by atoms with Gasteiger partial charge in [0.25, 0.3) is 0 Å². The minimum Gasteiger partial charge on any atom is -0.212 e. The van der Waals surface area contributed by atoms with E-state index < -0.39 is 10.0 Å². The SMILES string of the molecule is CC(C)CS(=O)(=O)NC1(CBr)CCCCC1. The Kier molecular flexibility index (Phi) is 5.26. The fourth-order valence-electron chi connectivity index (χ4n) is 2.30. The topological polar surface area (TPSA) is 46.2 Å². The first-order valence-corrected chi connectivity index (χ1v) is 8.74. The molecule has 96 valence electrons. The van der Waals surface area contributed by atoms with Crippen LogP contribution >= 0.6 is 15.9 Å². The van der Waals surface area contributed by atoms with Gasteiger partial charge in [-0.25, -0.2) is 13.1 Å². The minimum atomic E-state index is -3.13. The second-order valence-electron chi connectivity index (χ2n) is 5.25. The molecule has 0 atom stereocenters. The summed E-state index contributed by atoms with van der Waals surface area (Å²) in [6.45, 7) is 3.86. The third-order valence-corrected chi connectivity index (χ3v) is 5.91. The normalized spacial score (nSPS) is 21.2. The zero-order valence-electron chi connectivity index (χ0n) is 10.1. The second kappa shape index (κ2) is 5.83. The highest BCUT2D eigenvalue weighted by molar-refractivity contribution is 9.09. The standard InChI is InChI=1S/C11H22BrNO2S/c1-10(2)8-16(14,15)13-11(9-12)6-4-3-5-7-11/h10,13H,3-9H2,1-2H3. The van der Waals surface area contributed by atoms with Gasteiger partial charge >= 0.3 is 0 Å². The monoisotopic (exact) mass is 311 g/mol. The maximum absolute atomic E-state index is 11.9. The lowest BCUT2D eigenvalue weighted by atomic mass is 9.84. The van der Waals surface area contributed by atoms with Crippen LogP contribution in [0, 0.1) is 5.92 Å². The molecule has 0 radical (unpaired) electrons. The van der Waals surface area contributed by atoms with Crippen LogP contribution in [0.3, 0.4) is 0 Å². The molecule has 3 nitrogen and oxygen atoms in total. The molecule has 16 heavy (non-hydrogen) atoms. The molecule has 0 aromatic carbocycles. The summed E-state index contributed by atoms with van der Waals surface area (Å²) in [5.74, 6) is 0.398. The summed E-state index contributed by atoms with van der Waals surface area (Å²) >= 11 is 3.46. The predicted molar refractivity (Wildman–Crippen MR) is 71.4 cm³/mol. The Labute approximate surface area is 108 Å². The number of hydrogen-bond acceptors (Lipinski definition) is 2. The Bertz CT molecular complexity index is 308. The first-order valence-electron chi connectivity index (χ1n) is 5.97. The van der Waals surface area contributed by atoms with Crippen LogP contribution in [-0.2, 0) is 10.0 Å². The lowest BCUT2D eigenvalue weighted by Gasteiger charge is -2.36. The Hall–Kier alpha value is 0.390. The molecular formula is C11H22BrNO2S. The molecule has 0 saturated heterocycles. The Balaban J connectivity index is 2.68. The summed E-state index contributed by atoms with van der Waals surface area (Å²) in [5, 5.41) is 0.720. The minimum absolute atomic E-state index is 0.175. The number of halogens is 1. The van der Waals surface area contributed by atoms with Gasteiger partial charge in [-0.2, -0.15) is 0 Å². The Morgan fingerprint density at radius 2 is 1.81 bits per heavy atom. The number of alkyl halides is 1. The number of hydrogen-bond donors (Lipinski definition) is 1. The fourth-order valence-corrected chi connectivity index (χ4v) is 5.09. The summed E-state index contributed by atoms with van der Waals surface area (Å²) in [4.78, 5) is 0. The molecule has 1 rings (SSSR count). The first kappa shape index (κ1) is 14.5. The number of rotatable bonds is 5. The van der Waals surface area contributed by atoms with Crippen molar-refractivity contribution in [1.82, 2.24) is 4.72 Å². The molecule has 0 aromatic rings. The average Bonchev–Trinajstić information content (AvgIpc) is 2.16. The molecule has 1 saturated carbocycles. The molecule has 1 aliphatic carbocycles. The van der Waals surface area contributed by atoms with Gasteiger partial charge in [0.15, 0.2) is 0 Å². The van der Waals surface area contributed by atoms with Gasteiger partial charge in [-0.05, 0) is 18.8 Å². The number of nitrogens with one attached hydrogen (secondary N) is 1. The van der Waals surface area contributed by atoms with Crippen LogP contribution in [0.4, 0.5) is 0 Å². The van der Waals surface area contributed by atoms with Crippen LogP contribution in [0.25, 0.3) is 0 Å². The molecule has 0 unspecified atom stereocenters. The van der Waals surface area contributed by atoms with Gasteiger partial charge in [-0.3, -0.25) is 0 Å². The first-order chi connectivity index (χ1) is 7.39. The van der Waals surface area contributed by atoms with Crippen molar-refractivity contribution in [1.29, 1.82) is 0 Å². The second-order valence-corrected chi connectivity index (χ2v) is 7.58. The van der Waals surface area contributed by atoms with Crippen molar-refractivity contribution in [3.63, 3.8) is 0 Å². The van der Waals surface area contributed by atoms with E-state index >= 15 is 0 Å². The average molecular weight is 312 g/mol. The molecule has 0 spiro atoms. The van der Waals surface area contributed by atoms with Gasteiger partial charge < -0.3 is 0 Å². The van der Waals surface area contributed by atoms with E-state index in [-0.39, 0.29) is 17.2 Å². The van der Waals surface area contributed by atoms with E-state index in [1.54, 1.807) is 0 Å². The van der Waals surface area contributed by atoms with Gasteiger partial charge in [0.05, 0.1) is 5.75 Å². The van der Waals surface area contributed by atoms with Gasteiger partial charge in [0.1, 0.15) is 0 Å². The molecule has 0 aromatic heterocycles. The third-order valence-electron chi connectivity index (χ3n) is 2.99. The quantitative estimate of drug-likeness (QED) is 0.793. The van der Waals surface area contributed by atoms with Crippen LogP contribution in [-0.4, -0.2) is 25.0 Å². The van der Waals surface area contributed by atoms with E-state index in [0.29, 0.717) is 0 Å². The summed E-state index contributed by atoms with van der Waals surface area (Å²) in [5.41, 5.74) is -0.230. The predicted octanol–water partition coefficient (Wildman–Crippen LogP) is 2.66.